The van der Waals surface area contributed by atoms with Crippen molar-refractivity contribution in [3.63, 3.8) is 0 Å². The van der Waals surface area contributed by atoms with Crippen molar-refractivity contribution in [2.45, 2.75) is 44.8 Å². The van der Waals surface area contributed by atoms with E-state index in [1.807, 2.05) is 19.1 Å². The Kier molecular flexibility index (Phi) is 4.40. The van der Waals surface area contributed by atoms with E-state index in [1.165, 1.54) is 5.56 Å². The summed E-state index contributed by atoms with van der Waals surface area (Å²) in [4.78, 5) is 11.8. The third kappa shape index (κ3) is 3.82. The van der Waals surface area contributed by atoms with Gasteiger partial charge in [0.1, 0.15) is 0 Å². The van der Waals surface area contributed by atoms with E-state index in [4.69, 9.17) is 0 Å². The number of hydrogen-bond acceptors (Lipinski definition) is 2. The summed E-state index contributed by atoms with van der Waals surface area (Å²) in [7, 11) is 0. The number of rotatable bonds is 5. The molecule has 0 spiro atoms. The number of benzene rings is 1. The highest BCUT2D eigenvalue weighted by Crippen LogP contribution is 2.20. The van der Waals surface area contributed by atoms with E-state index >= 15 is 0 Å². The average molecular weight is 311 g/mol. The van der Waals surface area contributed by atoms with Crippen LogP contribution < -0.4 is 10.6 Å². The van der Waals surface area contributed by atoms with Crippen LogP contribution in [0.25, 0.3) is 0 Å². The number of carbonyl (C=O) groups is 1. The molecule has 4 heteroatoms. The second kappa shape index (κ2) is 5.85. The lowest BCUT2D eigenvalue weighted by Gasteiger charge is -2.20. The first-order chi connectivity index (χ1) is 8.56. The normalized spacial score (nSPS) is 18.2. The summed E-state index contributed by atoms with van der Waals surface area (Å²) in [6, 6.07) is 8.55. The van der Waals surface area contributed by atoms with Gasteiger partial charge >= 0.3 is 0 Å². The van der Waals surface area contributed by atoms with Crippen molar-refractivity contribution in [1.29, 1.82) is 0 Å². The van der Waals surface area contributed by atoms with Crippen LogP contribution >= 0.6 is 15.9 Å². The monoisotopic (exact) mass is 310 g/mol. The molecule has 2 atom stereocenters. The maximum Gasteiger partial charge on any atom is 0.237 e. The number of nitrogens with one attached hydrogen (secondary N) is 2. The van der Waals surface area contributed by atoms with Crippen molar-refractivity contribution in [2.75, 3.05) is 0 Å². The molecule has 1 aliphatic carbocycles. The Morgan fingerprint density at radius 2 is 2.11 bits per heavy atom. The van der Waals surface area contributed by atoms with Crippen LogP contribution in [0.4, 0.5) is 0 Å². The van der Waals surface area contributed by atoms with Gasteiger partial charge in [-0.15, -0.1) is 0 Å². The van der Waals surface area contributed by atoms with Crippen LogP contribution in [0.5, 0.6) is 0 Å². The second-order valence-electron chi connectivity index (χ2n) is 4.95. The predicted octanol–water partition coefficient (Wildman–Crippen LogP) is 2.77. The molecule has 0 bridgehead atoms. The fourth-order valence-electron chi connectivity index (χ4n) is 1.88. The summed E-state index contributed by atoms with van der Waals surface area (Å²) in [5.41, 5.74) is 1.18. The van der Waals surface area contributed by atoms with Crippen LogP contribution in [-0.2, 0) is 4.79 Å². The van der Waals surface area contributed by atoms with E-state index in [2.05, 4.69) is 45.6 Å². The Bertz CT molecular complexity index is 432. The summed E-state index contributed by atoms with van der Waals surface area (Å²) < 4.78 is 1.06. The zero-order chi connectivity index (χ0) is 13.1. The highest BCUT2D eigenvalue weighted by atomic mass is 79.9. The molecule has 0 aliphatic heterocycles. The van der Waals surface area contributed by atoms with Crippen molar-refractivity contribution >= 4 is 21.8 Å². The molecule has 98 valence electrons. The van der Waals surface area contributed by atoms with Crippen LogP contribution in [0.1, 0.15) is 38.3 Å². The molecule has 1 fully saturated rings. The summed E-state index contributed by atoms with van der Waals surface area (Å²) in [6.07, 6.45) is 2.25. The van der Waals surface area contributed by atoms with Gasteiger partial charge < -0.3 is 5.32 Å². The summed E-state index contributed by atoms with van der Waals surface area (Å²) in [5, 5.41) is 6.33. The number of hydrogen-bond donors (Lipinski definition) is 2. The van der Waals surface area contributed by atoms with Gasteiger partial charge in [-0.3, -0.25) is 10.1 Å². The van der Waals surface area contributed by atoms with Crippen LogP contribution in [-0.4, -0.2) is 18.0 Å². The van der Waals surface area contributed by atoms with E-state index in [0.717, 1.165) is 17.3 Å². The van der Waals surface area contributed by atoms with E-state index in [0.29, 0.717) is 6.04 Å². The lowest BCUT2D eigenvalue weighted by molar-refractivity contribution is -0.123. The molecule has 2 N–H and O–H groups in total. The first kappa shape index (κ1) is 13.6. The Balaban J connectivity index is 1.89. The molecular weight excluding hydrogens is 292 g/mol. The highest BCUT2D eigenvalue weighted by Gasteiger charge is 2.26. The molecule has 2 rings (SSSR count). The van der Waals surface area contributed by atoms with Gasteiger partial charge in [0.25, 0.3) is 0 Å². The summed E-state index contributed by atoms with van der Waals surface area (Å²) in [5.74, 6) is 0.0966. The van der Waals surface area contributed by atoms with Gasteiger partial charge in [0.2, 0.25) is 5.91 Å². The van der Waals surface area contributed by atoms with Crippen molar-refractivity contribution in [1.82, 2.24) is 10.6 Å². The van der Waals surface area contributed by atoms with Gasteiger partial charge in [-0.05, 0) is 44.4 Å². The molecule has 1 aromatic rings. The molecule has 1 unspecified atom stereocenters. The molecule has 3 nitrogen and oxygen atoms in total. The number of carbonyl (C=O) groups excluding carboxylic acids is 1. The predicted molar refractivity (Wildman–Crippen MR) is 76.3 cm³/mol. The van der Waals surface area contributed by atoms with E-state index in [-0.39, 0.29) is 18.0 Å². The van der Waals surface area contributed by atoms with Crippen molar-refractivity contribution < 1.29 is 4.79 Å². The zero-order valence-electron chi connectivity index (χ0n) is 10.7. The molecular formula is C14H19BrN2O. The van der Waals surface area contributed by atoms with Gasteiger partial charge in [-0.1, -0.05) is 28.1 Å². The quantitative estimate of drug-likeness (QED) is 0.878. The first-order valence-corrected chi connectivity index (χ1v) is 7.17. The smallest absolute Gasteiger partial charge is 0.237 e. The Hall–Kier alpha value is -0.870. The topological polar surface area (TPSA) is 41.1 Å². The minimum Gasteiger partial charge on any atom is -0.352 e. The Morgan fingerprint density at radius 1 is 1.39 bits per heavy atom. The minimum atomic E-state index is -0.167. The van der Waals surface area contributed by atoms with Gasteiger partial charge in [0, 0.05) is 16.6 Å². The Morgan fingerprint density at radius 3 is 2.72 bits per heavy atom. The standard InChI is InChI=1S/C14H19BrN2O/c1-9(11-4-3-5-12(15)8-11)16-10(2)14(18)17-13-6-7-13/h3-5,8-10,13,16H,6-7H2,1-2H3,(H,17,18)/t9-,10?/m1/s1. The fraction of sp³-hybridized carbons (Fsp3) is 0.500. The van der Waals surface area contributed by atoms with Gasteiger partial charge in [-0.25, -0.2) is 0 Å². The van der Waals surface area contributed by atoms with Crippen molar-refractivity contribution in [3.05, 3.63) is 34.3 Å². The lowest BCUT2D eigenvalue weighted by Crippen LogP contribution is -2.43. The number of amides is 1. The molecule has 1 saturated carbocycles. The largest absolute Gasteiger partial charge is 0.352 e. The lowest BCUT2D eigenvalue weighted by atomic mass is 10.1. The van der Waals surface area contributed by atoms with Crippen molar-refractivity contribution in [3.8, 4) is 0 Å². The van der Waals surface area contributed by atoms with E-state index in [1.54, 1.807) is 0 Å². The molecule has 0 heterocycles. The van der Waals surface area contributed by atoms with E-state index < -0.39 is 0 Å². The van der Waals surface area contributed by atoms with E-state index in [9.17, 15) is 4.79 Å². The Labute approximate surface area is 116 Å². The van der Waals surface area contributed by atoms with Gasteiger partial charge in [-0.2, -0.15) is 0 Å². The van der Waals surface area contributed by atoms with Crippen LogP contribution in [0.3, 0.4) is 0 Å². The maximum absolute atomic E-state index is 11.8. The molecule has 0 aromatic heterocycles. The molecule has 1 aromatic carbocycles. The summed E-state index contributed by atoms with van der Waals surface area (Å²) >= 11 is 3.46. The van der Waals surface area contributed by atoms with Crippen LogP contribution in [0.15, 0.2) is 28.7 Å². The third-order valence-electron chi connectivity index (χ3n) is 3.17. The molecule has 0 radical (unpaired) electrons. The molecule has 0 saturated heterocycles. The van der Waals surface area contributed by atoms with Gasteiger partial charge in [0.05, 0.1) is 6.04 Å². The zero-order valence-corrected chi connectivity index (χ0v) is 12.3. The SMILES string of the molecule is CC(N[C@H](C)c1cccc(Br)c1)C(=O)NC1CC1. The second-order valence-corrected chi connectivity index (χ2v) is 5.86. The van der Waals surface area contributed by atoms with Crippen LogP contribution in [0.2, 0.25) is 0 Å². The maximum atomic E-state index is 11.8. The highest BCUT2D eigenvalue weighted by molar-refractivity contribution is 9.10. The first-order valence-electron chi connectivity index (χ1n) is 6.38. The number of halogens is 1. The molecule has 18 heavy (non-hydrogen) atoms. The fourth-order valence-corrected chi connectivity index (χ4v) is 2.29. The molecule has 1 aliphatic rings. The summed E-state index contributed by atoms with van der Waals surface area (Å²) in [6.45, 7) is 3.98. The van der Waals surface area contributed by atoms with Crippen LogP contribution in [0, 0.1) is 0 Å². The van der Waals surface area contributed by atoms with Gasteiger partial charge in [0.15, 0.2) is 0 Å². The average Bonchev–Trinajstić information content (AvgIpc) is 3.12. The molecule has 1 amide bonds. The van der Waals surface area contributed by atoms with Crippen molar-refractivity contribution in [2.24, 2.45) is 0 Å². The minimum absolute atomic E-state index is 0.0966. The third-order valence-corrected chi connectivity index (χ3v) is 3.66.